The average molecular weight is 402 g/mol. The highest BCUT2D eigenvalue weighted by atomic mass is 15.0. The summed E-state index contributed by atoms with van der Waals surface area (Å²) >= 11 is 0. The van der Waals surface area contributed by atoms with Crippen LogP contribution >= 0.6 is 0 Å². The maximum absolute atomic E-state index is 2.49. The lowest BCUT2D eigenvalue weighted by Gasteiger charge is -2.27. The van der Waals surface area contributed by atoms with Gasteiger partial charge in [0.25, 0.3) is 0 Å². The molecule has 1 heterocycles. The molecule has 0 aliphatic rings. The predicted molar refractivity (Wildman–Crippen MR) is 133 cm³/mol. The van der Waals surface area contributed by atoms with Crippen molar-refractivity contribution < 1.29 is 0 Å². The van der Waals surface area contributed by atoms with Gasteiger partial charge in [-0.1, -0.05) is 0 Å². The minimum atomic E-state index is 1.36. The van der Waals surface area contributed by atoms with Gasteiger partial charge in [0.05, 0.1) is 5.69 Å². The summed E-state index contributed by atoms with van der Waals surface area (Å²) in [6.45, 7) is 29.7. The van der Waals surface area contributed by atoms with Gasteiger partial charge in [-0.3, -0.25) is 0 Å². The summed E-state index contributed by atoms with van der Waals surface area (Å²) in [5.74, 6) is 0. The summed E-state index contributed by atoms with van der Waals surface area (Å²) in [6.07, 6.45) is 0. The molecule has 30 heavy (non-hydrogen) atoms. The van der Waals surface area contributed by atoms with Crippen molar-refractivity contribution in [2.75, 3.05) is 0 Å². The largest absolute Gasteiger partial charge is 0.317 e. The molecule has 0 amide bonds. The second-order valence-corrected chi connectivity index (χ2v) is 9.48. The van der Waals surface area contributed by atoms with Crippen LogP contribution < -0.4 is 0 Å². The summed E-state index contributed by atoms with van der Waals surface area (Å²) in [5, 5.41) is 0. The zero-order valence-electron chi connectivity index (χ0n) is 21.4. The number of aromatic nitrogens is 1. The summed E-state index contributed by atoms with van der Waals surface area (Å²) in [7, 11) is 0. The highest BCUT2D eigenvalue weighted by Gasteiger charge is 2.24. The zero-order chi connectivity index (χ0) is 22.8. The molecule has 1 heteroatoms. The number of hydrogen-bond donors (Lipinski definition) is 0. The van der Waals surface area contributed by atoms with E-state index in [2.05, 4.69) is 94.6 Å². The lowest BCUT2D eigenvalue weighted by molar-refractivity contribution is 0.928. The molecule has 1 aromatic heterocycles. The Hall–Kier alpha value is -2.28. The van der Waals surface area contributed by atoms with Gasteiger partial charge in [0.2, 0.25) is 0 Å². The maximum atomic E-state index is 2.49. The van der Waals surface area contributed by atoms with E-state index in [1.54, 1.807) is 0 Å². The summed E-state index contributed by atoms with van der Waals surface area (Å²) in [5.41, 5.74) is 22.5. The number of nitrogens with zero attached hydrogens (tertiary/aromatic N) is 1. The van der Waals surface area contributed by atoms with Gasteiger partial charge < -0.3 is 4.57 Å². The van der Waals surface area contributed by atoms with E-state index < -0.39 is 0 Å². The van der Waals surface area contributed by atoms with Gasteiger partial charge in [-0.05, 0) is 162 Å². The van der Waals surface area contributed by atoms with E-state index in [0.29, 0.717) is 0 Å². The Morgan fingerprint density at radius 1 is 0.300 bits per heavy atom. The van der Waals surface area contributed by atoms with Crippen LogP contribution in [0.3, 0.4) is 0 Å². The van der Waals surface area contributed by atoms with E-state index >= 15 is 0 Å². The van der Waals surface area contributed by atoms with Gasteiger partial charge in [0.15, 0.2) is 0 Å². The van der Waals surface area contributed by atoms with Gasteiger partial charge in [-0.15, -0.1) is 0 Å². The van der Waals surface area contributed by atoms with E-state index in [4.69, 9.17) is 0 Å². The third kappa shape index (κ3) is 2.89. The molecule has 0 radical (unpaired) electrons. The minimum absolute atomic E-state index is 1.36. The monoisotopic (exact) mass is 401 g/mol. The molecule has 0 atom stereocenters. The van der Waals surface area contributed by atoms with Gasteiger partial charge in [-0.25, -0.2) is 0 Å². The van der Waals surface area contributed by atoms with Crippen molar-refractivity contribution in [3.8, 4) is 16.8 Å². The van der Waals surface area contributed by atoms with Crippen LogP contribution in [0.5, 0.6) is 0 Å². The number of hydrogen-bond acceptors (Lipinski definition) is 0. The third-order valence-corrected chi connectivity index (χ3v) is 8.38. The SMILES string of the molecule is Cc1c(C)c(C)c(-c2c(C)c(C)c(-n3c(C)c(C)c(C)c3C)c(C)c2C)c(C)c1C. The van der Waals surface area contributed by atoms with Crippen molar-refractivity contribution in [2.24, 2.45) is 0 Å². The Morgan fingerprint density at radius 2 is 0.567 bits per heavy atom. The number of benzene rings is 2. The van der Waals surface area contributed by atoms with Crippen LogP contribution in [0.4, 0.5) is 0 Å². The van der Waals surface area contributed by atoms with Crippen molar-refractivity contribution in [1.82, 2.24) is 4.57 Å². The highest BCUT2D eigenvalue weighted by molar-refractivity contribution is 5.83. The Balaban J connectivity index is 2.47. The van der Waals surface area contributed by atoms with Crippen LogP contribution in [-0.4, -0.2) is 4.57 Å². The highest BCUT2D eigenvalue weighted by Crippen LogP contribution is 2.42. The zero-order valence-corrected chi connectivity index (χ0v) is 21.4. The molecule has 160 valence electrons. The van der Waals surface area contributed by atoms with Crippen molar-refractivity contribution in [1.29, 1.82) is 0 Å². The Bertz CT molecular complexity index is 1120. The first-order valence-corrected chi connectivity index (χ1v) is 11.2. The first-order chi connectivity index (χ1) is 13.8. The van der Waals surface area contributed by atoms with Gasteiger partial charge in [0, 0.05) is 11.4 Å². The lowest BCUT2D eigenvalue weighted by Crippen LogP contribution is -2.10. The molecule has 0 saturated carbocycles. The number of rotatable bonds is 2. The van der Waals surface area contributed by atoms with E-state index in [0.717, 1.165) is 0 Å². The summed E-state index contributed by atoms with van der Waals surface area (Å²) < 4.78 is 2.49. The molecular formula is C29H39N. The molecule has 0 fully saturated rings. The first-order valence-electron chi connectivity index (χ1n) is 11.2. The quantitative estimate of drug-likeness (QED) is 0.408. The first kappa shape index (κ1) is 22.4. The van der Waals surface area contributed by atoms with Gasteiger partial charge in [0.1, 0.15) is 0 Å². The van der Waals surface area contributed by atoms with E-state index in [1.165, 1.54) is 89.4 Å². The molecule has 0 saturated heterocycles. The van der Waals surface area contributed by atoms with Crippen molar-refractivity contribution in [3.63, 3.8) is 0 Å². The van der Waals surface area contributed by atoms with Crippen LogP contribution in [0, 0.1) is 90.0 Å². The molecule has 0 N–H and O–H groups in total. The molecule has 0 spiro atoms. The second-order valence-electron chi connectivity index (χ2n) is 9.48. The van der Waals surface area contributed by atoms with E-state index in [9.17, 15) is 0 Å². The summed E-state index contributed by atoms with van der Waals surface area (Å²) in [4.78, 5) is 0. The normalized spacial score (nSPS) is 11.5. The molecule has 2 aromatic carbocycles. The van der Waals surface area contributed by atoms with Crippen molar-refractivity contribution >= 4 is 0 Å². The van der Waals surface area contributed by atoms with E-state index in [-0.39, 0.29) is 0 Å². The lowest BCUT2D eigenvalue weighted by atomic mass is 9.80. The fourth-order valence-corrected chi connectivity index (χ4v) is 5.34. The molecule has 0 unspecified atom stereocenters. The van der Waals surface area contributed by atoms with Gasteiger partial charge >= 0.3 is 0 Å². The predicted octanol–water partition coefficient (Wildman–Crippen LogP) is 8.15. The molecule has 0 aliphatic carbocycles. The fraction of sp³-hybridized carbons (Fsp3) is 0.448. The smallest absolute Gasteiger partial charge is 0.0519 e. The Morgan fingerprint density at radius 3 is 0.900 bits per heavy atom. The molecule has 1 nitrogen and oxygen atoms in total. The molecule has 0 aliphatic heterocycles. The van der Waals surface area contributed by atoms with Crippen LogP contribution in [0.2, 0.25) is 0 Å². The van der Waals surface area contributed by atoms with Gasteiger partial charge in [-0.2, -0.15) is 0 Å². The average Bonchev–Trinajstić information content (AvgIpc) is 2.90. The van der Waals surface area contributed by atoms with Crippen LogP contribution in [-0.2, 0) is 0 Å². The van der Waals surface area contributed by atoms with Crippen molar-refractivity contribution in [2.45, 2.75) is 90.0 Å². The van der Waals surface area contributed by atoms with Crippen molar-refractivity contribution in [3.05, 3.63) is 72.6 Å². The molecule has 3 aromatic rings. The standard InChI is InChI=1S/C29H39N/c1-14-15(2)19(6)27(20(7)16(14)3)28-21(8)23(10)29(24(11)22(28)9)30-25(12)17(4)18(5)26(30)13/h1-13H3. The molecular weight excluding hydrogens is 362 g/mol. The van der Waals surface area contributed by atoms with Crippen LogP contribution in [0.15, 0.2) is 0 Å². The molecule has 3 rings (SSSR count). The third-order valence-electron chi connectivity index (χ3n) is 8.38. The second kappa shape index (κ2) is 7.45. The van der Waals surface area contributed by atoms with Crippen LogP contribution in [0.1, 0.15) is 72.6 Å². The fourth-order valence-electron chi connectivity index (χ4n) is 5.34. The minimum Gasteiger partial charge on any atom is -0.317 e. The van der Waals surface area contributed by atoms with Crippen LogP contribution in [0.25, 0.3) is 16.8 Å². The topological polar surface area (TPSA) is 4.93 Å². The Labute approximate surface area is 184 Å². The Kier molecular flexibility index (Phi) is 5.56. The summed E-state index contributed by atoms with van der Waals surface area (Å²) in [6, 6.07) is 0. The maximum Gasteiger partial charge on any atom is 0.0519 e. The van der Waals surface area contributed by atoms with E-state index in [1.807, 2.05) is 0 Å². The molecule has 0 bridgehead atoms.